The maximum Gasteiger partial charge on any atom is 0.243 e. The van der Waals surface area contributed by atoms with Crippen LogP contribution in [0.2, 0.25) is 0 Å². The van der Waals surface area contributed by atoms with E-state index in [1.54, 1.807) is 19.2 Å². The molecule has 1 aromatic carbocycles. The molecule has 7 nitrogen and oxygen atoms in total. The van der Waals surface area contributed by atoms with Gasteiger partial charge in [0.25, 0.3) is 0 Å². The van der Waals surface area contributed by atoms with Crippen LogP contribution >= 0.6 is 0 Å². The minimum absolute atomic E-state index is 0.230. The molecule has 8 heteroatoms. The van der Waals surface area contributed by atoms with Crippen LogP contribution in [0, 0.1) is 0 Å². The Morgan fingerprint density at radius 2 is 1.67 bits per heavy atom. The molecule has 1 saturated heterocycles. The average Bonchev–Trinajstić information content (AvgIpc) is 2.61. The predicted molar refractivity (Wildman–Crippen MR) is 91.2 cm³/mol. The quantitative estimate of drug-likeness (QED) is 0.647. The van der Waals surface area contributed by atoms with E-state index >= 15 is 0 Å². The van der Waals surface area contributed by atoms with Crippen molar-refractivity contribution in [1.29, 1.82) is 0 Å². The molecule has 0 N–H and O–H groups in total. The van der Waals surface area contributed by atoms with E-state index in [1.165, 1.54) is 24.6 Å². The monoisotopic (exact) mass is 358 g/mol. The molecule has 0 aromatic heterocycles. The zero-order chi connectivity index (χ0) is 17.6. The predicted octanol–water partition coefficient (Wildman–Crippen LogP) is 1.05. The maximum atomic E-state index is 12.8. The maximum absolute atomic E-state index is 12.8. The van der Waals surface area contributed by atoms with Gasteiger partial charge in [0.2, 0.25) is 10.0 Å². The number of methoxy groups -OCH3 is 3. The fourth-order valence-corrected chi connectivity index (χ4v) is 4.19. The van der Waals surface area contributed by atoms with Crippen LogP contribution in [0.4, 0.5) is 0 Å². The van der Waals surface area contributed by atoms with Gasteiger partial charge in [0.1, 0.15) is 0 Å². The minimum atomic E-state index is -3.52. The molecule has 1 aliphatic heterocycles. The van der Waals surface area contributed by atoms with E-state index in [0.717, 1.165) is 32.7 Å². The van der Waals surface area contributed by atoms with Crippen LogP contribution in [-0.2, 0) is 14.8 Å². The van der Waals surface area contributed by atoms with E-state index in [4.69, 9.17) is 14.2 Å². The van der Waals surface area contributed by atoms with Gasteiger partial charge in [-0.15, -0.1) is 0 Å². The Morgan fingerprint density at radius 1 is 1.00 bits per heavy atom. The Labute approximate surface area is 144 Å². The van der Waals surface area contributed by atoms with Crippen LogP contribution in [0.1, 0.15) is 6.42 Å². The molecule has 0 radical (unpaired) electrons. The molecule has 136 valence electrons. The molecule has 0 amide bonds. The molecule has 0 atom stereocenters. The first-order valence-corrected chi connectivity index (χ1v) is 9.40. The van der Waals surface area contributed by atoms with Crippen molar-refractivity contribution in [3.8, 4) is 11.5 Å². The third-order valence-corrected chi connectivity index (χ3v) is 6.04. The van der Waals surface area contributed by atoms with Gasteiger partial charge in [0, 0.05) is 52.5 Å². The van der Waals surface area contributed by atoms with Crippen molar-refractivity contribution in [3.05, 3.63) is 18.2 Å². The van der Waals surface area contributed by atoms with Crippen LogP contribution in [-0.4, -0.2) is 78.3 Å². The van der Waals surface area contributed by atoms with E-state index in [0.29, 0.717) is 24.6 Å². The minimum Gasteiger partial charge on any atom is -0.493 e. The van der Waals surface area contributed by atoms with E-state index in [9.17, 15) is 8.42 Å². The van der Waals surface area contributed by atoms with Crippen molar-refractivity contribution in [3.63, 3.8) is 0 Å². The number of rotatable bonds is 8. The largest absolute Gasteiger partial charge is 0.493 e. The molecule has 2 rings (SSSR count). The van der Waals surface area contributed by atoms with Crippen LogP contribution in [0.25, 0.3) is 0 Å². The molecule has 1 aromatic rings. The highest BCUT2D eigenvalue weighted by Crippen LogP contribution is 2.30. The summed E-state index contributed by atoms with van der Waals surface area (Å²) in [5, 5.41) is 0. The van der Waals surface area contributed by atoms with Crippen molar-refractivity contribution in [2.45, 2.75) is 11.3 Å². The van der Waals surface area contributed by atoms with Gasteiger partial charge < -0.3 is 19.1 Å². The number of hydrogen-bond donors (Lipinski definition) is 0. The summed E-state index contributed by atoms with van der Waals surface area (Å²) in [6.45, 7) is 4.10. The lowest BCUT2D eigenvalue weighted by Crippen LogP contribution is -2.48. The molecule has 0 unspecified atom stereocenters. The van der Waals surface area contributed by atoms with E-state index in [2.05, 4.69) is 4.90 Å². The van der Waals surface area contributed by atoms with Gasteiger partial charge in [0.05, 0.1) is 19.1 Å². The normalized spacial score (nSPS) is 17.0. The molecule has 0 saturated carbocycles. The number of sulfonamides is 1. The molecule has 0 aliphatic carbocycles. The molecule has 24 heavy (non-hydrogen) atoms. The van der Waals surface area contributed by atoms with Gasteiger partial charge in [-0.25, -0.2) is 8.42 Å². The standard InChI is InChI=1S/C16H26N2O5S/c1-21-12-4-7-17-8-10-18(11-9-17)24(19,20)14-5-6-15(22-2)16(13-14)23-3/h5-6,13H,4,7-12H2,1-3H3. The third-order valence-electron chi connectivity index (χ3n) is 4.15. The second kappa shape index (κ2) is 8.66. The lowest BCUT2D eigenvalue weighted by molar-refractivity contribution is 0.149. The van der Waals surface area contributed by atoms with Gasteiger partial charge in [0.15, 0.2) is 11.5 Å². The Balaban J connectivity index is 2.04. The third kappa shape index (κ3) is 4.38. The fourth-order valence-electron chi connectivity index (χ4n) is 2.75. The van der Waals surface area contributed by atoms with Crippen molar-refractivity contribution < 1.29 is 22.6 Å². The lowest BCUT2D eigenvalue weighted by Gasteiger charge is -2.34. The SMILES string of the molecule is COCCCN1CCN(S(=O)(=O)c2ccc(OC)c(OC)c2)CC1. The topological polar surface area (TPSA) is 68.3 Å². The Morgan fingerprint density at radius 3 is 2.25 bits per heavy atom. The number of ether oxygens (including phenoxy) is 3. The molecular weight excluding hydrogens is 332 g/mol. The molecule has 1 fully saturated rings. The van der Waals surface area contributed by atoms with Gasteiger partial charge in [-0.2, -0.15) is 4.31 Å². The lowest BCUT2D eigenvalue weighted by atomic mass is 10.3. The van der Waals surface area contributed by atoms with Crippen LogP contribution in [0.15, 0.2) is 23.1 Å². The van der Waals surface area contributed by atoms with Crippen molar-refractivity contribution in [2.75, 3.05) is 60.7 Å². The first kappa shape index (κ1) is 19.0. The van der Waals surface area contributed by atoms with Crippen LogP contribution in [0.5, 0.6) is 11.5 Å². The number of piperazine rings is 1. The van der Waals surface area contributed by atoms with Gasteiger partial charge in [-0.3, -0.25) is 0 Å². The summed E-state index contributed by atoms with van der Waals surface area (Å²) in [4.78, 5) is 2.49. The number of nitrogens with zero attached hydrogens (tertiary/aromatic N) is 2. The van der Waals surface area contributed by atoms with Gasteiger partial charge in [-0.1, -0.05) is 0 Å². The summed E-state index contributed by atoms with van der Waals surface area (Å²) >= 11 is 0. The number of benzene rings is 1. The van der Waals surface area contributed by atoms with E-state index in [-0.39, 0.29) is 4.90 Å². The summed E-state index contributed by atoms with van der Waals surface area (Å²) in [6.07, 6.45) is 0.957. The molecule has 1 heterocycles. The van der Waals surface area contributed by atoms with Gasteiger partial charge in [-0.05, 0) is 18.6 Å². The Hall–Kier alpha value is -1.35. The summed E-state index contributed by atoms with van der Waals surface area (Å²) in [5.74, 6) is 0.927. The summed E-state index contributed by atoms with van der Waals surface area (Å²) in [6, 6.07) is 4.69. The molecule has 0 spiro atoms. The van der Waals surface area contributed by atoms with E-state index < -0.39 is 10.0 Å². The highest BCUT2D eigenvalue weighted by atomic mass is 32.2. The highest BCUT2D eigenvalue weighted by molar-refractivity contribution is 7.89. The zero-order valence-electron chi connectivity index (χ0n) is 14.5. The second-order valence-electron chi connectivity index (χ2n) is 5.61. The highest BCUT2D eigenvalue weighted by Gasteiger charge is 2.29. The van der Waals surface area contributed by atoms with Crippen molar-refractivity contribution >= 4 is 10.0 Å². The Kier molecular flexibility index (Phi) is 6.85. The summed E-state index contributed by atoms with van der Waals surface area (Å²) in [5.41, 5.74) is 0. The van der Waals surface area contributed by atoms with Crippen LogP contribution < -0.4 is 9.47 Å². The molecular formula is C16H26N2O5S. The zero-order valence-corrected chi connectivity index (χ0v) is 15.3. The molecule has 0 bridgehead atoms. The average molecular weight is 358 g/mol. The summed E-state index contributed by atoms with van der Waals surface area (Å²) < 4.78 is 42.6. The van der Waals surface area contributed by atoms with Crippen molar-refractivity contribution in [1.82, 2.24) is 9.21 Å². The smallest absolute Gasteiger partial charge is 0.243 e. The van der Waals surface area contributed by atoms with E-state index in [1.807, 2.05) is 0 Å². The fraction of sp³-hybridized carbons (Fsp3) is 0.625. The Bertz CT molecular complexity index is 627. The van der Waals surface area contributed by atoms with Crippen molar-refractivity contribution in [2.24, 2.45) is 0 Å². The first-order valence-electron chi connectivity index (χ1n) is 7.96. The van der Waals surface area contributed by atoms with Gasteiger partial charge >= 0.3 is 0 Å². The number of hydrogen-bond acceptors (Lipinski definition) is 6. The first-order chi connectivity index (χ1) is 11.5. The summed E-state index contributed by atoms with van der Waals surface area (Å²) in [7, 11) is 1.18. The second-order valence-corrected chi connectivity index (χ2v) is 7.55. The van der Waals surface area contributed by atoms with Crippen LogP contribution in [0.3, 0.4) is 0 Å². The molecule has 1 aliphatic rings.